The lowest BCUT2D eigenvalue weighted by Gasteiger charge is -2.32. The minimum Gasteiger partial charge on any atom is -0.508 e. The van der Waals surface area contributed by atoms with E-state index in [1.54, 1.807) is 37.8 Å². The van der Waals surface area contributed by atoms with E-state index in [0.29, 0.717) is 11.3 Å². The number of aryl methyl sites for hydroxylation is 2. The summed E-state index contributed by atoms with van der Waals surface area (Å²) < 4.78 is 5.25. The lowest BCUT2D eigenvalue weighted by molar-refractivity contribution is -0.139. The largest absolute Gasteiger partial charge is 0.508 e. The predicted molar refractivity (Wildman–Crippen MR) is 134 cm³/mol. The van der Waals surface area contributed by atoms with Gasteiger partial charge in [0.2, 0.25) is 5.91 Å². The smallest absolute Gasteiger partial charge is 0.408 e. The molecule has 2 aromatic rings. The van der Waals surface area contributed by atoms with Crippen molar-refractivity contribution < 1.29 is 24.2 Å². The first-order valence-electron chi connectivity index (χ1n) is 11.8. The third-order valence-corrected chi connectivity index (χ3v) is 5.96. The number of carbonyl (C=O) groups excluding carboxylic acids is 3. The zero-order chi connectivity index (χ0) is 25.9. The second-order valence-electron chi connectivity index (χ2n) is 10.2. The summed E-state index contributed by atoms with van der Waals surface area (Å²) in [5.74, 6) is -0.474. The summed E-state index contributed by atoms with van der Waals surface area (Å²) in [5.41, 5.74) is 2.39. The van der Waals surface area contributed by atoms with E-state index in [2.05, 4.69) is 10.6 Å². The number of hydrogen-bond donors (Lipinski definition) is 3. The van der Waals surface area contributed by atoms with Crippen molar-refractivity contribution in [1.29, 1.82) is 0 Å². The molecule has 0 spiro atoms. The lowest BCUT2D eigenvalue weighted by Crippen LogP contribution is -2.48. The molecule has 0 bridgehead atoms. The molecule has 3 amide bonds. The van der Waals surface area contributed by atoms with Gasteiger partial charge in [-0.3, -0.25) is 9.59 Å². The van der Waals surface area contributed by atoms with E-state index in [0.717, 1.165) is 17.5 Å². The molecule has 2 aromatic carbocycles. The first-order valence-corrected chi connectivity index (χ1v) is 11.8. The minimum atomic E-state index is -0.947. The number of rotatable bonds is 7. The van der Waals surface area contributed by atoms with Crippen LogP contribution in [0.1, 0.15) is 56.8 Å². The standard InChI is InChI=1S/C27H35N3O5/c1-16-8-7-9-17(2)23(16)29-25(33)24(19-10-12-20(31)13-11-19)30(21-14-18(21)3)22(32)15-28-26(34)35-27(4,5)6/h7-13,18,21,24,31H,14-15H2,1-6H3,(H,28,34)(H,29,33). The van der Waals surface area contributed by atoms with Crippen molar-refractivity contribution >= 4 is 23.6 Å². The molecule has 0 aromatic heterocycles. The van der Waals surface area contributed by atoms with Crippen LogP contribution in [0.3, 0.4) is 0 Å². The number of phenolic OH excluding ortho intramolecular Hbond substituents is 1. The molecule has 0 saturated heterocycles. The molecular formula is C27H35N3O5. The fourth-order valence-corrected chi connectivity index (χ4v) is 4.06. The van der Waals surface area contributed by atoms with Crippen molar-refractivity contribution in [3.63, 3.8) is 0 Å². The van der Waals surface area contributed by atoms with Crippen LogP contribution in [0.2, 0.25) is 0 Å². The maximum Gasteiger partial charge on any atom is 0.408 e. The Morgan fingerprint density at radius 3 is 2.17 bits per heavy atom. The average Bonchev–Trinajstić information content (AvgIpc) is 3.48. The Balaban J connectivity index is 1.92. The topological polar surface area (TPSA) is 108 Å². The number of carbonyl (C=O) groups is 3. The summed E-state index contributed by atoms with van der Waals surface area (Å²) >= 11 is 0. The van der Waals surface area contributed by atoms with Crippen LogP contribution < -0.4 is 10.6 Å². The number of alkyl carbamates (subject to hydrolysis) is 1. The second kappa shape index (κ2) is 10.4. The summed E-state index contributed by atoms with van der Waals surface area (Å²) in [6.45, 7) is 10.8. The highest BCUT2D eigenvalue weighted by Gasteiger charge is 2.46. The summed E-state index contributed by atoms with van der Waals surface area (Å²) in [4.78, 5) is 40.9. The first kappa shape index (κ1) is 26.1. The lowest BCUT2D eigenvalue weighted by atomic mass is 10.0. The maximum absolute atomic E-state index is 13.7. The quantitative estimate of drug-likeness (QED) is 0.542. The number of nitrogens with one attached hydrogen (secondary N) is 2. The number of amides is 3. The summed E-state index contributed by atoms with van der Waals surface area (Å²) in [7, 11) is 0. The van der Waals surface area contributed by atoms with Gasteiger partial charge in [0.15, 0.2) is 0 Å². The van der Waals surface area contributed by atoms with Gasteiger partial charge >= 0.3 is 6.09 Å². The Hall–Kier alpha value is -3.55. The molecule has 35 heavy (non-hydrogen) atoms. The van der Waals surface area contributed by atoms with Crippen LogP contribution in [-0.2, 0) is 14.3 Å². The van der Waals surface area contributed by atoms with Crippen LogP contribution in [0.5, 0.6) is 5.75 Å². The van der Waals surface area contributed by atoms with E-state index in [9.17, 15) is 19.5 Å². The van der Waals surface area contributed by atoms with E-state index < -0.39 is 17.7 Å². The van der Waals surface area contributed by atoms with Crippen molar-refractivity contribution in [3.8, 4) is 5.75 Å². The van der Waals surface area contributed by atoms with E-state index in [1.165, 1.54) is 12.1 Å². The zero-order valence-corrected chi connectivity index (χ0v) is 21.2. The first-order chi connectivity index (χ1) is 16.4. The summed E-state index contributed by atoms with van der Waals surface area (Å²) in [5, 5.41) is 15.3. The molecule has 8 heteroatoms. The third-order valence-electron chi connectivity index (χ3n) is 5.96. The van der Waals surface area contributed by atoms with Gasteiger partial charge in [0.25, 0.3) is 5.91 Å². The molecule has 188 valence electrons. The van der Waals surface area contributed by atoms with Gasteiger partial charge in [-0.15, -0.1) is 0 Å². The molecule has 0 heterocycles. The van der Waals surface area contributed by atoms with E-state index in [4.69, 9.17) is 4.74 Å². The van der Waals surface area contributed by atoms with Crippen molar-refractivity contribution in [2.75, 3.05) is 11.9 Å². The number of benzene rings is 2. The Morgan fingerprint density at radius 2 is 1.66 bits per heavy atom. The Kier molecular flexibility index (Phi) is 7.73. The van der Waals surface area contributed by atoms with Crippen LogP contribution in [-0.4, -0.2) is 46.1 Å². The second-order valence-corrected chi connectivity index (χ2v) is 10.2. The van der Waals surface area contributed by atoms with Gasteiger partial charge in [-0.2, -0.15) is 0 Å². The minimum absolute atomic E-state index is 0.0620. The van der Waals surface area contributed by atoms with Gasteiger partial charge in [-0.1, -0.05) is 37.3 Å². The molecule has 1 saturated carbocycles. The summed E-state index contributed by atoms with van der Waals surface area (Å²) in [6, 6.07) is 10.9. The van der Waals surface area contributed by atoms with Crippen LogP contribution in [0.25, 0.3) is 0 Å². The van der Waals surface area contributed by atoms with Crippen LogP contribution >= 0.6 is 0 Å². The van der Waals surface area contributed by atoms with Crippen molar-refractivity contribution in [1.82, 2.24) is 10.2 Å². The normalized spacial score (nSPS) is 17.8. The van der Waals surface area contributed by atoms with E-state index in [-0.39, 0.29) is 36.1 Å². The maximum atomic E-state index is 13.7. The van der Waals surface area contributed by atoms with Crippen molar-refractivity contribution in [2.45, 2.75) is 65.6 Å². The predicted octanol–water partition coefficient (Wildman–Crippen LogP) is 4.45. The number of ether oxygens (including phenoxy) is 1. The highest BCUT2D eigenvalue weighted by atomic mass is 16.6. The molecular weight excluding hydrogens is 446 g/mol. The molecule has 1 aliphatic carbocycles. The monoisotopic (exact) mass is 481 g/mol. The Morgan fingerprint density at radius 1 is 1.09 bits per heavy atom. The van der Waals surface area contributed by atoms with Gasteiger partial charge in [-0.25, -0.2) is 4.79 Å². The van der Waals surface area contributed by atoms with Gasteiger partial charge < -0.3 is 25.4 Å². The fraction of sp³-hybridized carbons (Fsp3) is 0.444. The molecule has 1 aliphatic rings. The SMILES string of the molecule is Cc1cccc(C)c1NC(=O)C(c1ccc(O)cc1)N(C(=O)CNC(=O)OC(C)(C)C)C1CC1C. The van der Waals surface area contributed by atoms with E-state index in [1.807, 2.05) is 39.0 Å². The summed E-state index contributed by atoms with van der Waals surface area (Å²) in [6.07, 6.45) is 0.0551. The van der Waals surface area contributed by atoms with Gasteiger partial charge in [0.1, 0.15) is 23.9 Å². The van der Waals surface area contributed by atoms with Crippen LogP contribution in [0.15, 0.2) is 42.5 Å². The highest BCUT2D eigenvalue weighted by Crippen LogP contribution is 2.41. The fourth-order valence-electron chi connectivity index (χ4n) is 4.06. The number of nitrogens with zero attached hydrogens (tertiary/aromatic N) is 1. The van der Waals surface area contributed by atoms with Crippen molar-refractivity contribution in [3.05, 3.63) is 59.2 Å². The highest BCUT2D eigenvalue weighted by molar-refractivity contribution is 5.99. The molecule has 3 N–H and O–H groups in total. The number of para-hydroxylation sites is 1. The Labute approximate surface area is 206 Å². The number of aromatic hydroxyl groups is 1. The third kappa shape index (κ3) is 6.74. The van der Waals surface area contributed by atoms with Gasteiger partial charge in [0.05, 0.1) is 0 Å². The van der Waals surface area contributed by atoms with E-state index >= 15 is 0 Å². The average molecular weight is 482 g/mol. The van der Waals surface area contributed by atoms with Gasteiger partial charge in [0, 0.05) is 11.7 Å². The molecule has 1 fully saturated rings. The number of anilines is 1. The molecule has 3 atom stereocenters. The number of phenols is 1. The molecule has 3 unspecified atom stereocenters. The molecule has 0 aliphatic heterocycles. The molecule has 0 radical (unpaired) electrons. The van der Waals surface area contributed by atoms with Crippen LogP contribution in [0, 0.1) is 19.8 Å². The number of hydrogen-bond acceptors (Lipinski definition) is 5. The van der Waals surface area contributed by atoms with Crippen molar-refractivity contribution in [2.24, 2.45) is 5.92 Å². The Bertz CT molecular complexity index is 1070. The zero-order valence-electron chi connectivity index (χ0n) is 21.2. The van der Waals surface area contributed by atoms with Crippen LogP contribution in [0.4, 0.5) is 10.5 Å². The molecule has 3 rings (SSSR count). The van der Waals surface area contributed by atoms with Gasteiger partial charge in [-0.05, 0) is 75.8 Å². The molecule has 8 nitrogen and oxygen atoms in total.